The Morgan fingerprint density at radius 1 is 1.73 bits per heavy atom. The van der Waals surface area contributed by atoms with Crippen LogP contribution in [0.15, 0.2) is 12.3 Å². The van der Waals surface area contributed by atoms with Crippen molar-refractivity contribution < 1.29 is 9.90 Å². The number of alkyl halides is 1. The maximum atomic E-state index is 10.4. The van der Waals surface area contributed by atoms with Gasteiger partial charge in [-0.3, -0.25) is 0 Å². The highest BCUT2D eigenvalue weighted by Crippen LogP contribution is 2.01. The second kappa shape index (κ2) is 3.30. The third-order valence-corrected chi connectivity index (χ3v) is 1.36. The first-order chi connectivity index (χ1) is 5.24. The molecular weight excluding hydrogens is 168 g/mol. The number of nitrogens with zero attached hydrogens (tertiary/aromatic N) is 2. The Bertz CT molecular complexity index is 277. The van der Waals surface area contributed by atoms with Crippen LogP contribution in [0.4, 0.5) is 0 Å². The van der Waals surface area contributed by atoms with Gasteiger partial charge in [0.15, 0.2) is 0 Å². The first kappa shape index (κ1) is 7.94. The van der Waals surface area contributed by atoms with Crippen LogP contribution in [0.3, 0.4) is 0 Å². The predicted octanol–water partition coefficient (Wildman–Crippen LogP) is 0.914. The van der Waals surface area contributed by atoms with Crippen LogP contribution in [-0.4, -0.2) is 21.3 Å². The highest BCUT2D eigenvalue weighted by Gasteiger charge is 2.03. The Hall–Kier alpha value is -1.16. The molecule has 0 aliphatic rings. The van der Waals surface area contributed by atoms with Gasteiger partial charge in [0.2, 0.25) is 0 Å². The molecule has 0 aliphatic heterocycles. The van der Waals surface area contributed by atoms with Crippen molar-refractivity contribution in [3.63, 3.8) is 0 Å². The Balaban J connectivity index is 3.01. The molecule has 1 N–H and O–H groups in total. The Kier molecular flexibility index (Phi) is 2.38. The van der Waals surface area contributed by atoms with E-state index in [9.17, 15) is 4.79 Å². The summed E-state index contributed by atoms with van der Waals surface area (Å²) in [5.74, 6) is -0.847. The van der Waals surface area contributed by atoms with E-state index in [2.05, 4.69) is 10.2 Å². The van der Waals surface area contributed by atoms with Gasteiger partial charge in [0.05, 0.1) is 23.3 Å². The molecule has 0 amide bonds. The largest absolute Gasteiger partial charge is 0.478 e. The lowest BCUT2D eigenvalue weighted by molar-refractivity contribution is 0.0696. The van der Waals surface area contributed by atoms with Crippen LogP contribution >= 0.6 is 11.6 Å². The Labute approximate surface area is 67.8 Å². The summed E-state index contributed by atoms with van der Waals surface area (Å²) in [4.78, 5) is 10.4. The van der Waals surface area contributed by atoms with Gasteiger partial charge in [-0.05, 0) is 6.07 Å². The van der Waals surface area contributed by atoms with E-state index in [-0.39, 0.29) is 11.4 Å². The van der Waals surface area contributed by atoms with Crippen LogP contribution in [0.25, 0.3) is 0 Å². The first-order valence-corrected chi connectivity index (χ1v) is 3.38. The van der Waals surface area contributed by atoms with Gasteiger partial charge in [0, 0.05) is 0 Å². The van der Waals surface area contributed by atoms with E-state index in [0.717, 1.165) is 0 Å². The minimum Gasteiger partial charge on any atom is -0.478 e. The smallest absolute Gasteiger partial charge is 0.337 e. The van der Waals surface area contributed by atoms with Crippen molar-refractivity contribution >= 4 is 17.6 Å². The van der Waals surface area contributed by atoms with Gasteiger partial charge in [0.1, 0.15) is 0 Å². The number of rotatable bonds is 2. The van der Waals surface area contributed by atoms with Gasteiger partial charge < -0.3 is 5.11 Å². The summed E-state index contributed by atoms with van der Waals surface area (Å²) in [6.07, 6.45) is 1.18. The topological polar surface area (TPSA) is 63.1 Å². The molecule has 0 saturated heterocycles. The second-order valence-electron chi connectivity index (χ2n) is 1.87. The average molecular weight is 173 g/mol. The number of aromatic nitrogens is 2. The van der Waals surface area contributed by atoms with Crippen molar-refractivity contribution in [3.05, 3.63) is 23.5 Å². The fraction of sp³-hybridized carbons (Fsp3) is 0.167. The fourth-order valence-corrected chi connectivity index (χ4v) is 0.724. The van der Waals surface area contributed by atoms with E-state index >= 15 is 0 Å². The molecule has 1 heterocycles. The zero-order chi connectivity index (χ0) is 8.27. The lowest BCUT2D eigenvalue weighted by Gasteiger charge is -1.93. The summed E-state index contributed by atoms with van der Waals surface area (Å²) >= 11 is 5.41. The molecule has 0 radical (unpaired) electrons. The van der Waals surface area contributed by atoms with E-state index in [1.807, 2.05) is 0 Å². The fourth-order valence-electron chi connectivity index (χ4n) is 0.593. The van der Waals surface area contributed by atoms with Crippen molar-refractivity contribution in [2.24, 2.45) is 0 Å². The SMILES string of the molecule is O=C(O)c1cnnc(CCl)c1. The molecule has 1 aromatic heterocycles. The summed E-state index contributed by atoms with van der Waals surface area (Å²) in [7, 11) is 0. The van der Waals surface area contributed by atoms with Gasteiger partial charge in [-0.2, -0.15) is 10.2 Å². The van der Waals surface area contributed by atoms with Crippen molar-refractivity contribution in [2.75, 3.05) is 0 Å². The van der Waals surface area contributed by atoms with Gasteiger partial charge in [-0.25, -0.2) is 4.79 Å². The number of hydrogen-bond donors (Lipinski definition) is 1. The number of halogens is 1. The van der Waals surface area contributed by atoms with Gasteiger partial charge >= 0.3 is 5.97 Å². The Morgan fingerprint density at radius 2 is 2.45 bits per heavy atom. The molecule has 0 fully saturated rings. The van der Waals surface area contributed by atoms with Crippen LogP contribution < -0.4 is 0 Å². The minimum atomic E-state index is -1.02. The average Bonchev–Trinajstić information content (AvgIpc) is 2.05. The molecule has 1 aromatic rings. The molecule has 5 heteroatoms. The molecule has 0 saturated carbocycles. The van der Waals surface area contributed by atoms with Crippen LogP contribution in [0, 0.1) is 0 Å². The molecule has 4 nitrogen and oxygen atoms in total. The number of carboxylic acids is 1. The van der Waals surface area contributed by atoms with Crippen LogP contribution in [0.1, 0.15) is 16.1 Å². The minimum absolute atomic E-state index is 0.107. The lowest BCUT2D eigenvalue weighted by atomic mass is 10.3. The van der Waals surface area contributed by atoms with Crippen LogP contribution in [0.2, 0.25) is 0 Å². The molecule has 0 bridgehead atoms. The molecular formula is C6H5ClN2O2. The van der Waals surface area contributed by atoms with Crippen molar-refractivity contribution in [3.8, 4) is 0 Å². The van der Waals surface area contributed by atoms with Crippen molar-refractivity contribution in [1.82, 2.24) is 10.2 Å². The molecule has 0 aromatic carbocycles. The standard InChI is InChI=1S/C6H5ClN2O2/c7-2-5-1-4(6(10)11)3-8-9-5/h1,3H,2H2,(H,10,11). The van der Waals surface area contributed by atoms with Gasteiger partial charge in [-0.1, -0.05) is 0 Å². The quantitative estimate of drug-likeness (QED) is 0.674. The highest BCUT2D eigenvalue weighted by atomic mass is 35.5. The zero-order valence-electron chi connectivity index (χ0n) is 5.49. The molecule has 0 aliphatic carbocycles. The van der Waals surface area contributed by atoms with Crippen LogP contribution in [-0.2, 0) is 5.88 Å². The van der Waals surface area contributed by atoms with Crippen molar-refractivity contribution in [1.29, 1.82) is 0 Å². The summed E-state index contributed by atoms with van der Waals surface area (Å²) in [6.45, 7) is 0. The molecule has 58 valence electrons. The van der Waals surface area contributed by atoms with Crippen molar-refractivity contribution in [2.45, 2.75) is 5.88 Å². The molecule has 0 unspecified atom stereocenters. The molecule has 11 heavy (non-hydrogen) atoms. The predicted molar refractivity (Wildman–Crippen MR) is 38.5 cm³/mol. The Morgan fingerprint density at radius 3 is 3.00 bits per heavy atom. The highest BCUT2D eigenvalue weighted by molar-refractivity contribution is 6.16. The number of carboxylic acid groups (broad SMARTS) is 1. The molecule has 1 rings (SSSR count). The van der Waals surface area contributed by atoms with Gasteiger partial charge in [0.25, 0.3) is 0 Å². The number of carbonyl (C=O) groups is 1. The maximum absolute atomic E-state index is 10.4. The van der Waals surface area contributed by atoms with Gasteiger partial charge in [-0.15, -0.1) is 11.6 Å². The third kappa shape index (κ3) is 1.88. The first-order valence-electron chi connectivity index (χ1n) is 2.85. The van der Waals surface area contributed by atoms with E-state index in [0.29, 0.717) is 5.69 Å². The van der Waals surface area contributed by atoms with E-state index < -0.39 is 5.97 Å². The second-order valence-corrected chi connectivity index (χ2v) is 2.14. The summed E-state index contributed by atoms with van der Waals surface area (Å²) in [5.41, 5.74) is 0.571. The number of hydrogen-bond acceptors (Lipinski definition) is 3. The number of aromatic carboxylic acids is 1. The van der Waals surface area contributed by atoms with E-state index in [4.69, 9.17) is 16.7 Å². The van der Waals surface area contributed by atoms with E-state index in [1.54, 1.807) is 0 Å². The normalized spacial score (nSPS) is 9.55. The third-order valence-electron chi connectivity index (χ3n) is 1.09. The lowest BCUT2D eigenvalue weighted by Crippen LogP contribution is -2.00. The van der Waals surface area contributed by atoms with E-state index in [1.165, 1.54) is 12.3 Å². The summed E-state index contributed by atoms with van der Waals surface area (Å²) in [6, 6.07) is 1.39. The maximum Gasteiger partial charge on any atom is 0.337 e. The molecule has 0 atom stereocenters. The van der Waals surface area contributed by atoms with Crippen LogP contribution in [0.5, 0.6) is 0 Å². The zero-order valence-corrected chi connectivity index (χ0v) is 6.25. The molecule has 0 spiro atoms. The monoisotopic (exact) mass is 172 g/mol. The summed E-state index contributed by atoms with van der Waals surface area (Å²) in [5, 5.41) is 15.6. The summed E-state index contributed by atoms with van der Waals surface area (Å²) < 4.78 is 0.